The highest BCUT2D eigenvalue weighted by molar-refractivity contribution is 9.10. The van der Waals surface area contributed by atoms with Crippen LogP contribution < -0.4 is 4.74 Å². The third-order valence-corrected chi connectivity index (χ3v) is 12.7. The van der Waals surface area contributed by atoms with Crippen molar-refractivity contribution in [3.8, 4) is 5.75 Å². The molecule has 8 bridgehead atoms. The van der Waals surface area contributed by atoms with E-state index in [1.807, 2.05) is 73.1 Å². The second kappa shape index (κ2) is 17.9. The fraction of sp³-hybridized carbons (Fsp3) is 0.395. The zero-order valence-corrected chi connectivity index (χ0v) is 34.2. The van der Waals surface area contributed by atoms with E-state index < -0.39 is 5.97 Å². The van der Waals surface area contributed by atoms with Crippen molar-refractivity contribution in [2.75, 3.05) is 45.7 Å². The zero-order chi connectivity index (χ0) is 39.3. The van der Waals surface area contributed by atoms with Crippen molar-refractivity contribution in [1.29, 1.82) is 0 Å². The van der Waals surface area contributed by atoms with Crippen molar-refractivity contribution in [3.05, 3.63) is 118 Å². The molecule has 7 heterocycles. The van der Waals surface area contributed by atoms with Crippen molar-refractivity contribution in [1.82, 2.24) is 29.8 Å². The molecule has 3 fully saturated rings. The molecule has 2 aromatic heterocycles. The maximum Gasteiger partial charge on any atom is 0.338 e. The Balaban J connectivity index is 1.11. The standard InChI is InChI=1S/C43H45BrN6O6S/c1-54-35-9-10-38-37(23-35)36(11-13-45-38)42-39-21-30-12-14-48(39)25-32(30)22-41(52)57-18-17-56-43(53)31-4-2-3-29(19-31)24-50-27-34(46-47-50)26-49(15-16-55-42)40(51)20-28-5-7-33(44)8-6-28/h2-11,13,19,23,27,30,32,39,42H,12,14-18,20-22,24-26H2,1H3/t30?,32?,39?,42-/m1/s1. The quantitative estimate of drug-likeness (QED) is 0.184. The van der Waals surface area contributed by atoms with Crippen molar-refractivity contribution in [2.24, 2.45) is 11.8 Å². The summed E-state index contributed by atoms with van der Waals surface area (Å²) in [7, 11) is 1.66. The summed E-state index contributed by atoms with van der Waals surface area (Å²) in [6, 6.07) is 23.0. The number of esters is 1. The van der Waals surface area contributed by atoms with Crippen LogP contribution in [0.25, 0.3) is 10.9 Å². The van der Waals surface area contributed by atoms with Crippen LogP contribution in [0.1, 0.15) is 58.1 Å². The van der Waals surface area contributed by atoms with Gasteiger partial charge in [-0.15, -0.1) is 5.10 Å². The molecule has 10 rings (SSSR count). The molecule has 296 valence electrons. The first-order valence-corrected chi connectivity index (χ1v) is 21.2. The number of carbonyl (C=O) groups excluding carboxylic acids is 3. The SMILES string of the molecule is COc1ccc2nccc([C@H]3OCCN(C(=O)Cc4ccc(Br)cc4)Cc4cn(nn4)Cc4cccc(c4)C(=O)OCCSC(=O)CC4CN5CCC4CC35)c2c1. The van der Waals surface area contributed by atoms with Crippen molar-refractivity contribution >= 4 is 55.6 Å². The van der Waals surface area contributed by atoms with Gasteiger partial charge in [-0.05, 0) is 96.4 Å². The second-order valence-corrected chi connectivity index (χ2v) is 17.0. The third-order valence-electron chi connectivity index (χ3n) is 11.3. The van der Waals surface area contributed by atoms with Gasteiger partial charge < -0.3 is 19.1 Å². The summed E-state index contributed by atoms with van der Waals surface area (Å²) >= 11 is 4.74. The summed E-state index contributed by atoms with van der Waals surface area (Å²) in [6.45, 7) is 3.11. The Morgan fingerprint density at radius 3 is 2.70 bits per heavy atom. The monoisotopic (exact) mass is 852 g/mol. The molecule has 3 saturated heterocycles. The molecule has 12 nitrogen and oxygen atoms in total. The smallest absolute Gasteiger partial charge is 0.338 e. The number of benzene rings is 3. The number of methoxy groups -OCH3 is 1. The molecule has 1 amide bonds. The number of halogens is 1. The number of hydrogen-bond donors (Lipinski definition) is 0. The molecule has 5 aliphatic heterocycles. The molecule has 5 aliphatic rings. The van der Waals surface area contributed by atoms with E-state index in [-0.39, 0.29) is 55.3 Å². The number of amides is 1. The highest BCUT2D eigenvalue weighted by atomic mass is 79.9. The summed E-state index contributed by atoms with van der Waals surface area (Å²) < 4.78 is 20.9. The van der Waals surface area contributed by atoms with Crippen LogP contribution in [0.3, 0.4) is 0 Å². The number of pyridine rings is 1. The number of fused-ring (bicyclic) bond motifs is 13. The Hall–Kier alpha value is -4.63. The van der Waals surface area contributed by atoms with Gasteiger partial charge in [0.2, 0.25) is 5.91 Å². The summed E-state index contributed by atoms with van der Waals surface area (Å²) in [5, 5.41) is 9.90. The molecule has 0 N–H and O–H groups in total. The highest BCUT2D eigenvalue weighted by Gasteiger charge is 2.44. The number of hydrogen-bond acceptors (Lipinski definition) is 11. The predicted octanol–water partition coefficient (Wildman–Crippen LogP) is 6.51. The topological polar surface area (TPSA) is 129 Å². The van der Waals surface area contributed by atoms with Gasteiger partial charge in [-0.1, -0.05) is 57.2 Å². The van der Waals surface area contributed by atoms with Gasteiger partial charge >= 0.3 is 5.97 Å². The largest absolute Gasteiger partial charge is 0.497 e. The lowest BCUT2D eigenvalue weighted by Crippen LogP contribution is -2.56. The number of carbonyl (C=O) groups is 3. The van der Waals surface area contributed by atoms with Gasteiger partial charge in [-0.2, -0.15) is 0 Å². The molecule has 0 spiro atoms. The van der Waals surface area contributed by atoms with Crippen molar-refractivity contribution < 1.29 is 28.6 Å². The summed E-state index contributed by atoms with van der Waals surface area (Å²) in [5.41, 5.74) is 4.71. The molecular formula is C43H45BrN6O6S. The first kappa shape index (κ1) is 39.2. The van der Waals surface area contributed by atoms with E-state index in [1.54, 1.807) is 28.8 Å². The van der Waals surface area contributed by atoms with Crippen LogP contribution in [0.4, 0.5) is 0 Å². The van der Waals surface area contributed by atoms with Gasteiger partial charge in [0, 0.05) is 47.4 Å². The fourth-order valence-electron chi connectivity index (χ4n) is 8.44. The van der Waals surface area contributed by atoms with E-state index in [0.29, 0.717) is 42.4 Å². The van der Waals surface area contributed by atoms with Gasteiger partial charge in [-0.25, -0.2) is 9.48 Å². The Kier molecular flexibility index (Phi) is 12.3. The maximum atomic E-state index is 14.1. The number of piperidine rings is 3. The lowest BCUT2D eigenvalue weighted by Gasteiger charge is -2.52. The first-order valence-electron chi connectivity index (χ1n) is 19.4. The molecule has 0 aliphatic carbocycles. The number of nitrogens with zero attached hydrogens (tertiary/aromatic N) is 6. The molecule has 0 radical (unpaired) electrons. The van der Waals surface area contributed by atoms with Gasteiger partial charge in [0.25, 0.3) is 0 Å². The van der Waals surface area contributed by atoms with Gasteiger partial charge in [0.15, 0.2) is 5.12 Å². The molecule has 0 saturated carbocycles. The summed E-state index contributed by atoms with van der Waals surface area (Å²) in [5.74, 6) is 1.26. The normalized spacial score (nSPS) is 23.5. The highest BCUT2D eigenvalue weighted by Crippen LogP contribution is 2.45. The molecular weight excluding hydrogens is 808 g/mol. The summed E-state index contributed by atoms with van der Waals surface area (Å²) in [4.78, 5) is 49.2. The number of rotatable bonds is 4. The van der Waals surface area contributed by atoms with Crippen molar-refractivity contribution in [2.45, 2.75) is 50.9 Å². The van der Waals surface area contributed by atoms with Gasteiger partial charge in [0.1, 0.15) is 18.1 Å². The molecule has 5 atom stereocenters. The van der Waals surface area contributed by atoms with E-state index in [9.17, 15) is 14.4 Å². The van der Waals surface area contributed by atoms with Gasteiger partial charge in [-0.3, -0.25) is 19.5 Å². The zero-order valence-electron chi connectivity index (χ0n) is 31.8. The molecule has 3 aromatic carbocycles. The minimum absolute atomic E-state index is 0.0513. The fourth-order valence-corrected chi connectivity index (χ4v) is 9.43. The third kappa shape index (κ3) is 9.41. The molecule has 14 heteroatoms. The van der Waals surface area contributed by atoms with E-state index in [0.717, 1.165) is 63.7 Å². The van der Waals surface area contributed by atoms with Crippen LogP contribution >= 0.6 is 27.7 Å². The minimum atomic E-state index is -0.431. The van der Waals surface area contributed by atoms with E-state index >= 15 is 0 Å². The van der Waals surface area contributed by atoms with Crippen LogP contribution in [-0.2, 0) is 38.6 Å². The lowest BCUT2D eigenvalue weighted by molar-refractivity contribution is -0.133. The first-order chi connectivity index (χ1) is 27.8. The average Bonchev–Trinajstić information content (AvgIpc) is 3.67. The maximum absolute atomic E-state index is 14.1. The Morgan fingerprint density at radius 1 is 1.00 bits per heavy atom. The molecule has 4 unspecified atom stereocenters. The Morgan fingerprint density at radius 2 is 1.88 bits per heavy atom. The van der Waals surface area contributed by atoms with Crippen LogP contribution in [0.15, 0.2) is 89.7 Å². The van der Waals surface area contributed by atoms with Gasteiger partial charge in [0.05, 0.1) is 56.6 Å². The second-order valence-electron chi connectivity index (χ2n) is 15.0. The van der Waals surface area contributed by atoms with E-state index in [4.69, 9.17) is 14.2 Å². The van der Waals surface area contributed by atoms with Crippen molar-refractivity contribution in [3.63, 3.8) is 0 Å². The Labute approximate surface area is 344 Å². The average molecular weight is 854 g/mol. The number of thioether (sulfide) groups is 1. The van der Waals surface area contributed by atoms with Crippen LogP contribution in [-0.4, -0.2) is 98.5 Å². The van der Waals surface area contributed by atoms with Crippen LogP contribution in [0.5, 0.6) is 5.75 Å². The van der Waals surface area contributed by atoms with E-state index in [1.165, 1.54) is 11.8 Å². The van der Waals surface area contributed by atoms with E-state index in [2.05, 4.69) is 36.1 Å². The van der Waals surface area contributed by atoms with Crippen LogP contribution in [0, 0.1) is 11.8 Å². The number of ether oxygens (including phenoxy) is 3. The lowest BCUT2D eigenvalue weighted by atomic mass is 9.72. The minimum Gasteiger partial charge on any atom is -0.497 e. The predicted molar refractivity (Wildman–Crippen MR) is 220 cm³/mol. The van der Waals surface area contributed by atoms with Crippen LogP contribution in [0.2, 0.25) is 0 Å². The molecule has 57 heavy (non-hydrogen) atoms. The number of aromatic nitrogens is 4. The Bertz CT molecular complexity index is 2240. The summed E-state index contributed by atoms with van der Waals surface area (Å²) in [6.07, 6.45) is 5.95. The molecule has 5 aromatic rings.